The van der Waals surface area contributed by atoms with Crippen molar-refractivity contribution in [3.8, 4) is 11.5 Å². The van der Waals surface area contributed by atoms with Crippen molar-refractivity contribution in [3.05, 3.63) is 51.5 Å². The molecule has 100 valence electrons. The van der Waals surface area contributed by atoms with Crippen LogP contribution in [0.3, 0.4) is 0 Å². The third-order valence-electron chi connectivity index (χ3n) is 3.38. The highest BCUT2D eigenvalue weighted by Gasteiger charge is 2.11. The van der Waals surface area contributed by atoms with Crippen molar-refractivity contribution in [3.63, 3.8) is 0 Å². The van der Waals surface area contributed by atoms with Gasteiger partial charge in [0, 0.05) is 6.07 Å². The van der Waals surface area contributed by atoms with Gasteiger partial charge in [0.15, 0.2) is 0 Å². The van der Waals surface area contributed by atoms with Gasteiger partial charge in [-0.2, -0.15) is 0 Å². The lowest BCUT2D eigenvalue weighted by Gasteiger charge is -2.16. The Morgan fingerprint density at radius 3 is 2.26 bits per heavy atom. The maximum absolute atomic E-state index is 6.06. The van der Waals surface area contributed by atoms with Gasteiger partial charge in [-0.3, -0.25) is 0 Å². The number of benzene rings is 2. The van der Waals surface area contributed by atoms with Crippen LogP contribution in [0.1, 0.15) is 22.3 Å². The molecule has 0 aliphatic carbocycles. The minimum Gasteiger partial charge on any atom is -0.456 e. The molecule has 0 aromatic heterocycles. The quantitative estimate of drug-likeness (QED) is 0.787. The molecular formula is C16H18ClNO. The first-order valence-corrected chi connectivity index (χ1v) is 6.58. The molecule has 2 aromatic carbocycles. The zero-order chi connectivity index (χ0) is 14.2. The van der Waals surface area contributed by atoms with Gasteiger partial charge in [-0.25, -0.2) is 0 Å². The summed E-state index contributed by atoms with van der Waals surface area (Å²) in [6.45, 7) is 8.13. The molecule has 2 nitrogen and oxygen atoms in total. The van der Waals surface area contributed by atoms with E-state index in [0.29, 0.717) is 10.7 Å². The number of hydrogen-bond donors (Lipinski definition) is 1. The Labute approximate surface area is 119 Å². The topological polar surface area (TPSA) is 35.2 Å². The Morgan fingerprint density at radius 1 is 0.947 bits per heavy atom. The summed E-state index contributed by atoms with van der Waals surface area (Å²) in [4.78, 5) is 0. The van der Waals surface area contributed by atoms with Gasteiger partial charge in [0.25, 0.3) is 0 Å². The van der Waals surface area contributed by atoms with E-state index < -0.39 is 0 Å². The summed E-state index contributed by atoms with van der Waals surface area (Å²) in [7, 11) is 0. The third-order valence-corrected chi connectivity index (χ3v) is 3.71. The number of anilines is 1. The van der Waals surface area contributed by atoms with Gasteiger partial charge in [0.05, 0.1) is 10.7 Å². The van der Waals surface area contributed by atoms with Crippen LogP contribution >= 0.6 is 11.6 Å². The van der Waals surface area contributed by atoms with E-state index in [2.05, 4.69) is 26.0 Å². The van der Waals surface area contributed by atoms with E-state index in [1.54, 1.807) is 6.07 Å². The molecule has 19 heavy (non-hydrogen) atoms. The number of aryl methyl sites for hydroxylation is 3. The van der Waals surface area contributed by atoms with E-state index in [-0.39, 0.29) is 0 Å². The van der Waals surface area contributed by atoms with Crippen LogP contribution in [0.25, 0.3) is 0 Å². The predicted octanol–water partition coefficient (Wildman–Crippen LogP) is 4.95. The Hall–Kier alpha value is -1.67. The van der Waals surface area contributed by atoms with Gasteiger partial charge < -0.3 is 10.5 Å². The molecule has 2 rings (SSSR count). The SMILES string of the molecule is Cc1cc(N)c(Cl)cc1Oc1c(C)ccc(C)c1C. The minimum atomic E-state index is 0.517. The zero-order valence-electron chi connectivity index (χ0n) is 11.7. The number of rotatable bonds is 2. The molecule has 2 N–H and O–H groups in total. The largest absolute Gasteiger partial charge is 0.456 e. The first-order chi connectivity index (χ1) is 8.90. The summed E-state index contributed by atoms with van der Waals surface area (Å²) in [6.07, 6.45) is 0. The summed E-state index contributed by atoms with van der Waals surface area (Å²) < 4.78 is 6.05. The molecule has 0 aliphatic heterocycles. The van der Waals surface area contributed by atoms with Crippen LogP contribution in [0, 0.1) is 27.7 Å². The fourth-order valence-corrected chi connectivity index (χ4v) is 2.14. The highest BCUT2D eigenvalue weighted by atomic mass is 35.5. The summed E-state index contributed by atoms with van der Waals surface area (Å²) in [6, 6.07) is 7.76. The van der Waals surface area contributed by atoms with E-state index in [9.17, 15) is 0 Å². The number of ether oxygens (including phenoxy) is 1. The molecule has 2 aromatic rings. The van der Waals surface area contributed by atoms with Crippen LogP contribution in [-0.2, 0) is 0 Å². The van der Waals surface area contributed by atoms with Crippen LogP contribution in [0.4, 0.5) is 5.69 Å². The van der Waals surface area contributed by atoms with Crippen LogP contribution in [0.15, 0.2) is 24.3 Å². The van der Waals surface area contributed by atoms with Gasteiger partial charge in [-0.15, -0.1) is 0 Å². The number of halogens is 1. The molecule has 0 aliphatic rings. The molecule has 3 heteroatoms. The second-order valence-electron chi connectivity index (χ2n) is 4.89. The second-order valence-corrected chi connectivity index (χ2v) is 5.30. The van der Waals surface area contributed by atoms with E-state index in [0.717, 1.165) is 28.2 Å². The Balaban J connectivity index is 2.48. The number of hydrogen-bond acceptors (Lipinski definition) is 2. The average molecular weight is 276 g/mol. The summed E-state index contributed by atoms with van der Waals surface area (Å²) >= 11 is 6.06. The summed E-state index contributed by atoms with van der Waals surface area (Å²) in [5.74, 6) is 1.64. The lowest BCUT2D eigenvalue weighted by atomic mass is 10.1. The van der Waals surface area contributed by atoms with E-state index in [1.807, 2.05) is 19.9 Å². The fourth-order valence-electron chi connectivity index (χ4n) is 1.99. The number of nitrogens with two attached hydrogens (primary N) is 1. The van der Waals surface area contributed by atoms with Gasteiger partial charge in [-0.05, 0) is 56.0 Å². The molecule has 0 unspecified atom stereocenters. The van der Waals surface area contributed by atoms with Gasteiger partial charge in [0.1, 0.15) is 11.5 Å². The molecule has 0 spiro atoms. The summed E-state index contributed by atoms with van der Waals surface area (Å²) in [5.41, 5.74) is 10.8. The molecule has 0 bridgehead atoms. The standard InChI is InChI=1S/C16H18ClNO/c1-9-5-6-10(2)16(12(9)4)19-15-8-13(17)14(18)7-11(15)3/h5-8H,18H2,1-4H3. The number of nitrogen functional groups attached to an aromatic ring is 1. The van der Waals surface area contributed by atoms with Gasteiger partial charge in [-0.1, -0.05) is 23.7 Å². The monoisotopic (exact) mass is 275 g/mol. The summed E-state index contributed by atoms with van der Waals surface area (Å²) in [5, 5.41) is 0.517. The zero-order valence-corrected chi connectivity index (χ0v) is 12.4. The van der Waals surface area contributed by atoms with E-state index in [1.165, 1.54) is 5.56 Å². The Kier molecular flexibility index (Phi) is 3.72. The van der Waals surface area contributed by atoms with Crippen molar-refractivity contribution < 1.29 is 4.74 Å². The molecular weight excluding hydrogens is 258 g/mol. The van der Waals surface area contributed by atoms with Gasteiger partial charge in [0.2, 0.25) is 0 Å². The third kappa shape index (κ3) is 2.69. The smallest absolute Gasteiger partial charge is 0.133 e. The van der Waals surface area contributed by atoms with Crippen LogP contribution in [0.5, 0.6) is 11.5 Å². The van der Waals surface area contributed by atoms with Crippen molar-refractivity contribution in [2.75, 3.05) is 5.73 Å². The Bertz CT molecular complexity index is 635. The minimum absolute atomic E-state index is 0.517. The maximum Gasteiger partial charge on any atom is 0.133 e. The lowest BCUT2D eigenvalue weighted by Crippen LogP contribution is -1.96. The molecule has 0 atom stereocenters. The molecule has 0 saturated heterocycles. The van der Waals surface area contributed by atoms with E-state index >= 15 is 0 Å². The molecule has 0 amide bonds. The van der Waals surface area contributed by atoms with Crippen LogP contribution < -0.4 is 10.5 Å². The van der Waals surface area contributed by atoms with Crippen molar-refractivity contribution in [1.82, 2.24) is 0 Å². The molecule has 0 fully saturated rings. The highest BCUT2D eigenvalue weighted by molar-refractivity contribution is 6.33. The molecule has 0 heterocycles. The van der Waals surface area contributed by atoms with Crippen molar-refractivity contribution in [2.24, 2.45) is 0 Å². The van der Waals surface area contributed by atoms with Gasteiger partial charge >= 0.3 is 0 Å². The Morgan fingerprint density at radius 2 is 1.58 bits per heavy atom. The first kappa shape index (κ1) is 13.8. The van der Waals surface area contributed by atoms with Crippen LogP contribution in [-0.4, -0.2) is 0 Å². The predicted molar refractivity (Wildman–Crippen MR) is 81.3 cm³/mol. The second kappa shape index (κ2) is 5.14. The normalized spacial score (nSPS) is 10.6. The van der Waals surface area contributed by atoms with Crippen molar-refractivity contribution in [2.45, 2.75) is 27.7 Å². The van der Waals surface area contributed by atoms with Crippen molar-refractivity contribution in [1.29, 1.82) is 0 Å². The average Bonchev–Trinajstić information content (AvgIpc) is 2.36. The molecule has 0 saturated carbocycles. The van der Waals surface area contributed by atoms with Crippen molar-refractivity contribution >= 4 is 17.3 Å². The lowest BCUT2D eigenvalue weighted by molar-refractivity contribution is 0.471. The molecule has 0 radical (unpaired) electrons. The van der Waals surface area contributed by atoms with E-state index in [4.69, 9.17) is 22.1 Å². The first-order valence-electron chi connectivity index (χ1n) is 6.20. The van der Waals surface area contributed by atoms with Crippen LogP contribution in [0.2, 0.25) is 5.02 Å². The maximum atomic E-state index is 6.06. The fraction of sp³-hybridized carbons (Fsp3) is 0.250. The highest BCUT2D eigenvalue weighted by Crippen LogP contribution is 2.35.